The molecule has 1 aliphatic heterocycles. The van der Waals surface area contributed by atoms with Crippen LogP contribution in [0.4, 0.5) is 0 Å². The molecule has 3 heterocycles. The zero-order valence-corrected chi connectivity index (χ0v) is 16.5. The number of aromatic amines is 1. The van der Waals surface area contributed by atoms with Crippen molar-refractivity contribution in [1.29, 1.82) is 0 Å². The van der Waals surface area contributed by atoms with Crippen LogP contribution in [0.3, 0.4) is 0 Å². The third kappa shape index (κ3) is 3.61. The number of carbonyl (C=O) groups is 1. The maximum absolute atomic E-state index is 12.9. The van der Waals surface area contributed by atoms with Gasteiger partial charge in [0.2, 0.25) is 0 Å². The molecule has 30 heavy (non-hydrogen) atoms. The van der Waals surface area contributed by atoms with Gasteiger partial charge in [0.1, 0.15) is 11.6 Å². The minimum Gasteiger partial charge on any atom is -0.349 e. The predicted molar refractivity (Wildman–Crippen MR) is 114 cm³/mol. The van der Waals surface area contributed by atoms with Gasteiger partial charge < -0.3 is 14.9 Å². The zero-order chi connectivity index (χ0) is 20.3. The van der Waals surface area contributed by atoms with Crippen LogP contribution in [0, 0.1) is 0 Å². The zero-order valence-electron chi connectivity index (χ0n) is 16.5. The van der Waals surface area contributed by atoms with Crippen LogP contribution in [-0.4, -0.2) is 36.7 Å². The molecule has 0 fully saturated rings. The lowest BCUT2D eigenvalue weighted by Crippen LogP contribution is -2.35. The Hall–Kier alpha value is -3.74. The maximum Gasteiger partial charge on any atom is 0.251 e. The number of carbonyl (C=O) groups excluding carboxylic acids is 1. The highest BCUT2D eigenvalue weighted by molar-refractivity contribution is 5.95. The predicted octanol–water partition coefficient (Wildman–Crippen LogP) is 3.47. The number of aromatic nitrogens is 5. The Labute approximate surface area is 174 Å². The number of imidazole rings is 1. The summed E-state index contributed by atoms with van der Waals surface area (Å²) in [6.07, 6.45) is 5.95. The molecule has 1 unspecified atom stereocenters. The third-order valence-corrected chi connectivity index (χ3v) is 5.51. The lowest BCUT2D eigenvalue weighted by atomic mass is 10.1. The van der Waals surface area contributed by atoms with E-state index >= 15 is 0 Å². The lowest BCUT2D eigenvalue weighted by Gasteiger charge is -2.16. The van der Waals surface area contributed by atoms with Crippen molar-refractivity contribution < 1.29 is 4.79 Å². The van der Waals surface area contributed by atoms with Gasteiger partial charge in [-0.05, 0) is 25.0 Å². The van der Waals surface area contributed by atoms with Gasteiger partial charge in [0.05, 0.1) is 0 Å². The Bertz CT molecular complexity index is 1150. The SMILES string of the molecule is O=C(NC1CCc2nnc(-c3ccccc3)n2CC1)c1cccc(-c2ncc[nH]2)c1. The molecule has 7 nitrogen and oxygen atoms in total. The fraction of sp³-hybridized carbons (Fsp3) is 0.217. The van der Waals surface area contributed by atoms with Gasteiger partial charge in [-0.2, -0.15) is 0 Å². The van der Waals surface area contributed by atoms with Gasteiger partial charge in [0, 0.05) is 48.1 Å². The number of benzene rings is 2. The number of nitrogens with one attached hydrogen (secondary N) is 2. The van der Waals surface area contributed by atoms with Crippen LogP contribution < -0.4 is 5.32 Å². The Balaban J connectivity index is 1.29. The minimum absolute atomic E-state index is 0.0608. The van der Waals surface area contributed by atoms with Crippen LogP contribution in [0.25, 0.3) is 22.8 Å². The van der Waals surface area contributed by atoms with E-state index in [1.807, 2.05) is 54.6 Å². The van der Waals surface area contributed by atoms with Gasteiger partial charge in [-0.25, -0.2) is 4.98 Å². The number of fused-ring (bicyclic) bond motifs is 1. The summed E-state index contributed by atoms with van der Waals surface area (Å²) in [6.45, 7) is 0.782. The number of nitrogens with zero attached hydrogens (tertiary/aromatic N) is 4. The van der Waals surface area contributed by atoms with E-state index in [1.54, 1.807) is 12.4 Å². The molecule has 2 aromatic heterocycles. The van der Waals surface area contributed by atoms with Crippen LogP contribution in [-0.2, 0) is 13.0 Å². The van der Waals surface area contributed by atoms with Crippen molar-refractivity contribution in [2.45, 2.75) is 31.8 Å². The van der Waals surface area contributed by atoms with E-state index in [2.05, 4.69) is 30.0 Å². The highest BCUT2D eigenvalue weighted by Gasteiger charge is 2.22. The van der Waals surface area contributed by atoms with Crippen molar-refractivity contribution >= 4 is 5.91 Å². The van der Waals surface area contributed by atoms with Gasteiger partial charge >= 0.3 is 0 Å². The van der Waals surface area contributed by atoms with Crippen molar-refractivity contribution in [3.05, 3.63) is 78.4 Å². The largest absolute Gasteiger partial charge is 0.349 e. The average Bonchev–Trinajstić information content (AvgIpc) is 3.43. The second-order valence-electron chi connectivity index (χ2n) is 7.47. The first kappa shape index (κ1) is 18.3. The van der Waals surface area contributed by atoms with E-state index in [0.29, 0.717) is 5.56 Å². The van der Waals surface area contributed by atoms with Crippen molar-refractivity contribution in [2.75, 3.05) is 0 Å². The summed E-state index contributed by atoms with van der Waals surface area (Å²) in [4.78, 5) is 20.2. The Morgan fingerprint density at radius 2 is 1.90 bits per heavy atom. The molecule has 1 aliphatic rings. The molecule has 0 bridgehead atoms. The van der Waals surface area contributed by atoms with E-state index in [-0.39, 0.29) is 11.9 Å². The summed E-state index contributed by atoms with van der Waals surface area (Å²) in [5.41, 5.74) is 2.60. The highest BCUT2D eigenvalue weighted by atomic mass is 16.1. The van der Waals surface area contributed by atoms with Crippen LogP contribution in [0.15, 0.2) is 67.0 Å². The van der Waals surface area contributed by atoms with Gasteiger partial charge in [-0.1, -0.05) is 42.5 Å². The topological polar surface area (TPSA) is 88.5 Å². The van der Waals surface area contributed by atoms with Crippen LogP contribution >= 0.6 is 0 Å². The van der Waals surface area contributed by atoms with Crippen molar-refractivity contribution in [2.24, 2.45) is 0 Å². The summed E-state index contributed by atoms with van der Waals surface area (Å²) < 4.78 is 2.18. The molecule has 0 aliphatic carbocycles. The molecular formula is C23H22N6O. The molecular weight excluding hydrogens is 376 g/mol. The van der Waals surface area contributed by atoms with Gasteiger partial charge in [-0.3, -0.25) is 4.79 Å². The molecule has 5 rings (SSSR count). The molecule has 0 spiro atoms. The van der Waals surface area contributed by atoms with Gasteiger partial charge in [-0.15, -0.1) is 10.2 Å². The van der Waals surface area contributed by atoms with Crippen LogP contribution in [0.5, 0.6) is 0 Å². The van der Waals surface area contributed by atoms with Crippen LogP contribution in [0.2, 0.25) is 0 Å². The summed E-state index contributed by atoms with van der Waals surface area (Å²) in [7, 11) is 0. The first-order valence-corrected chi connectivity index (χ1v) is 10.2. The normalized spacial score (nSPS) is 15.9. The summed E-state index contributed by atoms with van der Waals surface area (Å²) in [6, 6.07) is 17.7. The number of H-pyrrole nitrogens is 1. The summed E-state index contributed by atoms with van der Waals surface area (Å²) >= 11 is 0. The third-order valence-electron chi connectivity index (χ3n) is 5.51. The quantitative estimate of drug-likeness (QED) is 0.551. The molecule has 2 aromatic carbocycles. The second-order valence-corrected chi connectivity index (χ2v) is 7.47. The number of hydrogen-bond donors (Lipinski definition) is 2. The lowest BCUT2D eigenvalue weighted by molar-refractivity contribution is 0.0933. The number of aryl methyl sites for hydroxylation is 1. The standard InChI is InChI=1S/C23H22N6O/c30-23(18-8-4-7-17(15-18)21-24-12-13-25-21)26-19-9-10-20-27-28-22(29(20)14-11-19)16-5-2-1-3-6-16/h1-8,12-13,15,19H,9-11,14H2,(H,24,25)(H,26,30). The molecule has 2 N–H and O–H groups in total. The molecule has 150 valence electrons. The first-order chi connectivity index (χ1) is 14.8. The van der Waals surface area contributed by atoms with Crippen molar-refractivity contribution in [3.63, 3.8) is 0 Å². The van der Waals surface area contributed by atoms with E-state index in [9.17, 15) is 4.79 Å². The molecule has 0 radical (unpaired) electrons. The monoisotopic (exact) mass is 398 g/mol. The van der Waals surface area contributed by atoms with E-state index in [4.69, 9.17) is 0 Å². The van der Waals surface area contributed by atoms with Crippen molar-refractivity contribution in [1.82, 2.24) is 30.0 Å². The van der Waals surface area contributed by atoms with E-state index in [1.165, 1.54) is 0 Å². The smallest absolute Gasteiger partial charge is 0.251 e. The fourth-order valence-electron chi connectivity index (χ4n) is 3.93. The molecule has 0 saturated carbocycles. The molecule has 0 saturated heterocycles. The number of rotatable bonds is 4. The first-order valence-electron chi connectivity index (χ1n) is 10.2. The fourth-order valence-corrected chi connectivity index (χ4v) is 3.93. The Kier molecular flexibility index (Phi) is 4.85. The Morgan fingerprint density at radius 3 is 2.73 bits per heavy atom. The summed E-state index contributed by atoms with van der Waals surface area (Å²) in [5, 5.41) is 12.0. The molecule has 7 heteroatoms. The maximum atomic E-state index is 12.9. The van der Waals surface area contributed by atoms with Gasteiger partial charge in [0.15, 0.2) is 5.82 Å². The van der Waals surface area contributed by atoms with Crippen molar-refractivity contribution in [3.8, 4) is 22.8 Å². The highest BCUT2D eigenvalue weighted by Crippen LogP contribution is 2.23. The molecule has 4 aromatic rings. The minimum atomic E-state index is -0.0608. The van der Waals surface area contributed by atoms with E-state index in [0.717, 1.165) is 54.4 Å². The van der Waals surface area contributed by atoms with Gasteiger partial charge in [0.25, 0.3) is 5.91 Å². The Morgan fingerprint density at radius 1 is 1.03 bits per heavy atom. The molecule has 1 atom stereocenters. The number of amides is 1. The number of hydrogen-bond acceptors (Lipinski definition) is 4. The second kappa shape index (κ2) is 7.94. The van der Waals surface area contributed by atoms with Crippen LogP contribution in [0.1, 0.15) is 29.0 Å². The molecule has 1 amide bonds. The summed E-state index contributed by atoms with van der Waals surface area (Å²) in [5.74, 6) is 2.56. The van der Waals surface area contributed by atoms with E-state index < -0.39 is 0 Å². The average molecular weight is 398 g/mol.